The van der Waals surface area contributed by atoms with Crippen LogP contribution in [0.5, 0.6) is 0 Å². The van der Waals surface area contributed by atoms with E-state index in [1.807, 2.05) is 98.9 Å². The second-order valence-electron chi connectivity index (χ2n) is 7.26. The van der Waals surface area contributed by atoms with E-state index in [-0.39, 0.29) is 5.91 Å². The molecule has 4 rings (SSSR count). The summed E-state index contributed by atoms with van der Waals surface area (Å²) in [5, 5.41) is 3.36. The molecule has 5 heteroatoms. The van der Waals surface area contributed by atoms with E-state index >= 15 is 0 Å². The van der Waals surface area contributed by atoms with E-state index in [9.17, 15) is 4.79 Å². The first-order valence-corrected chi connectivity index (χ1v) is 10.1. The van der Waals surface area contributed by atoms with Gasteiger partial charge in [0, 0.05) is 40.1 Å². The van der Waals surface area contributed by atoms with Crippen LogP contribution in [0.3, 0.4) is 0 Å². The number of anilines is 2. The van der Waals surface area contributed by atoms with Gasteiger partial charge in [-0.05, 0) is 68.4 Å². The van der Waals surface area contributed by atoms with E-state index in [2.05, 4.69) is 15.7 Å². The molecule has 154 valence electrons. The summed E-state index contributed by atoms with van der Waals surface area (Å²) in [6.45, 7) is 3.92. The second-order valence-corrected chi connectivity index (χ2v) is 7.26. The van der Waals surface area contributed by atoms with Crippen molar-refractivity contribution >= 4 is 29.2 Å². The molecule has 4 aromatic rings. The van der Waals surface area contributed by atoms with Crippen LogP contribution in [0, 0.1) is 13.8 Å². The van der Waals surface area contributed by atoms with Gasteiger partial charge in [-0.2, -0.15) is 0 Å². The molecule has 0 aliphatic heterocycles. The Morgan fingerprint density at radius 1 is 0.839 bits per heavy atom. The second kappa shape index (κ2) is 9.13. The largest absolute Gasteiger partial charge is 0.356 e. The van der Waals surface area contributed by atoms with Gasteiger partial charge in [0.1, 0.15) is 0 Å². The molecule has 0 radical (unpaired) electrons. The maximum absolute atomic E-state index is 12.5. The lowest BCUT2D eigenvalue weighted by atomic mass is 10.2. The fourth-order valence-corrected chi connectivity index (χ4v) is 3.31. The smallest absolute Gasteiger partial charge is 0.270 e. The fraction of sp³-hybridized carbons (Fsp3) is 0.0769. The number of aliphatic imine (C=N–C) groups is 1. The molecule has 1 heterocycles. The Labute approximate surface area is 182 Å². The zero-order valence-corrected chi connectivity index (χ0v) is 17.5. The SMILES string of the molecule is Cc1cc(C=Nc2ccc(Nc3ccccc3)cc2)c(C)n1NC(=O)c1ccccc1. The molecule has 0 saturated carbocycles. The van der Waals surface area contributed by atoms with Crippen LogP contribution in [0.15, 0.2) is 96.0 Å². The van der Waals surface area contributed by atoms with Gasteiger partial charge in [-0.3, -0.25) is 19.9 Å². The quantitative estimate of drug-likeness (QED) is 0.385. The summed E-state index contributed by atoms with van der Waals surface area (Å²) >= 11 is 0. The van der Waals surface area contributed by atoms with Gasteiger partial charge in [0.05, 0.1) is 5.69 Å². The molecule has 0 aliphatic carbocycles. The van der Waals surface area contributed by atoms with Crippen molar-refractivity contribution in [3.8, 4) is 0 Å². The molecule has 31 heavy (non-hydrogen) atoms. The maximum atomic E-state index is 12.5. The van der Waals surface area contributed by atoms with Gasteiger partial charge >= 0.3 is 0 Å². The molecule has 0 unspecified atom stereocenters. The minimum absolute atomic E-state index is 0.146. The molecule has 0 bridgehead atoms. The van der Waals surface area contributed by atoms with Crippen LogP contribution >= 0.6 is 0 Å². The first-order valence-electron chi connectivity index (χ1n) is 10.1. The van der Waals surface area contributed by atoms with Crippen LogP contribution in [0.25, 0.3) is 0 Å². The highest BCUT2D eigenvalue weighted by molar-refractivity contribution is 6.00. The molecule has 1 amide bonds. The molecule has 2 N–H and O–H groups in total. The lowest BCUT2D eigenvalue weighted by Crippen LogP contribution is -2.24. The minimum atomic E-state index is -0.146. The normalized spacial score (nSPS) is 10.9. The third-order valence-corrected chi connectivity index (χ3v) is 5.00. The van der Waals surface area contributed by atoms with Crippen LogP contribution in [0.4, 0.5) is 17.1 Å². The molecule has 0 spiro atoms. The first-order chi connectivity index (χ1) is 15.1. The Morgan fingerprint density at radius 2 is 1.45 bits per heavy atom. The number of aryl methyl sites for hydroxylation is 1. The number of nitrogens with zero attached hydrogens (tertiary/aromatic N) is 2. The number of carbonyl (C=O) groups is 1. The van der Waals surface area contributed by atoms with Crippen LogP contribution < -0.4 is 10.7 Å². The Kier molecular flexibility index (Phi) is 5.94. The van der Waals surface area contributed by atoms with Crippen molar-refractivity contribution < 1.29 is 4.79 Å². The molecule has 3 aromatic carbocycles. The predicted molar refractivity (Wildman–Crippen MR) is 127 cm³/mol. The van der Waals surface area contributed by atoms with Crippen molar-refractivity contribution in [3.63, 3.8) is 0 Å². The molecular weight excluding hydrogens is 384 g/mol. The van der Waals surface area contributed by atoms with E-state index in [0.717, 1.165) is 34.0 Å². The van der Waals surface area contributed by atoms with Gasteiger partial charge in [-0.15, -0.1) is 0 Å². The van der Waals surface area contributed by atoms with Gasteiger partial charge in [0.2, 0.25) is 0 Å². The number of hydrogen-bond acceptors (Lipinski definition) is 3. The van der Waals surface area contributed by atoms with Crippen molar-refractivity contribution in [2.45, 2.75) is 13.8 Å². The van der Waals surface area contributed by atoms with Gasteiger partial charge in [-0.1, -0.05) is 36.4 Å². The number of nitrogens with one attached hydrogen (secondary N) is 2. The van der Waals surface area contributed by atoms with Crippen LogP contribution in [0.2, 0.25) is 0 Å². The maximum Gasteiger partial charge on any atom is 0.270 e. The average molecular weight is 409 g/mol. The molecule has 0 atom stereocenters. The van der Waals surface area contributed by atoms with E-state index in [4.69, 9.17) is 0 Å². The predicted octanol–water partition coefficient (Wildman–Crippen LogP) is 5.98. The fourth-order valence-electron chi connectivity index (χ4n) is 3.31. The Morgan fingerprint density at radius 3 is 2.13 bits per heavy atom. The summed E-state index contributed by atoms with van der Waals surface area (Å²) < 4.78 is 1.80. The monoisotopic (exact) mass is 408 g/mol. The highest BCUT2D eigenvalue weighted by Gasteiger charge is 2.11. The topological polar surface area (TPSA) is 58.4 Å². The van der Waals surface area contributed by atoms with Crippen LogP contribution in [-0.2, 0) is 0 Å². The molecule has 0 saturated heterocycles. The van der Waals surface area contributed by atoms with Gasteiger partial charge in [-0.25, -0.2) is 0 Å². The minimum Gasteiger partial charge on any atom is -0.356 e. The number of carbonyl (C=O) groups excluding carboxylic acids is 1. The zero-order valence-electron chi connectivity index (χ0n) is 17.5. The van der Waals surface area contributed by atoms with Crippen LogP contribution in [-0.4, -0.2) is 16.8 Å². The summed E-state index contributed by atoms with van der Waals surface area (Å²) in [4.78, 5) is 17.1. The van der Waals surface area contributed by atoms with Crippen molar-refractivity contribution in [3.05, 3.63) is 114 Å². The van der Waals surface area contributed by atoms with E-state index in [0.29, 0.717) is 5.56 Å². The van der Waals surface area contributed by atoms with Crippen molar-refractivity contribution in [1.82, 2.24) is 4.68 Å². The summed E-state index contributed by atoms with van der Waals surface area (Å²) in [6, 6.07) is 29.2. The number of hydrogen-bond donors (Lipinski definition) is 2. The summed E-state index contributed by atoms with van der Waals surface area (Å²) in [5.41, 5.74) is 9.30. The first kappa shape index (κ1) is 20.2. The Hall–Kier alpha value is -4.12. The van der Waals surface area contributed by atoms with Crippen molar-refractivity contribution in [1.29, 1.82) is 0 Å². The van der Waals surface area contributed by atoms with Gasteiger partial charge < -0.3 is 5.32 Å². The Balaban J connectivity index is 1.45. The number of para-hydroxylation sites is 1. The molecule has 5 nitrogen and oxygen atoms in total. The standard InChI is InChI=1S/C26H24N4O/c1-19-17-22(20(2)30(19)29-26(31)21-9-5-3-6-10-21)18-27-23-13-15-25(16-14-23)28-24-11-7-4-8-12-24/h3-18,28H,1-2H3,(H,29,31). The van der Waals surface area contributed by atoms with Crippen LogP contribution in [0.1, 0.15) is 27.3 Å². The third kappa shape index (κ3) is 4.90. The highest BCUT2D eigenvalue weighted by atomic mass is 16.2. The lowest BCUT2D eigenvalue weighted by Gasteiger charge is -2.11. The Bertz CT molecular complexity index is 1190. The molecule has 0 aliphatic rings. The molecule has 1 aromatic heterocycles. The van der Waals surface area contributed by atoms with Gasteiger partial charge in [0.25, 0.3) is 5.91 Å². The van der Waals surface area contributed by atoms with Gasteiger partial charge in [0.15, 0.2) is 0 Å². The van der Waals surface area contributed by atoms with E-state index in [1.54, 1.807) is 16.8 Å². The summed E-state index contributed by atoms with van der Waals surface area (Å²) in [7, 11) is 0. The van der Waals surface area contributed by atoms with Crippen molar-refractivity contribution in [2.75, 3.05) is 10.7 Å². The lowest BCUT2D eigenvalue weighted by molar-refractivity contribution is 0.101. The molecule has 0 fully saturated rings. The third-order valence-electron chi connectivity index (χ3n) is 5.00. The van der Waals surface area contributed by atoms with Crippen molar-refractivity contribution in [2.24, 2.45) is 4.99 Å². The summed E-state index contributed by atoms with van der Waals surface area (Å²) in [5.74, 6) is -0.146. The highest BCUT2D eigenvalue weighted by Crippen LogP contribution is 2.21. The average Bonchev–Trinajstić information content (AvgIpc) is 3.07. The molecular formula is C26H24N4O. The number of rotatable bonds is 6. The van der Waals surface area contributed by atoms with E-state index < -0.39 is 0 Å². The number of benzene rings is 3. The number of aromatic nitrogens is 1. The zero-order chi connectivity index (χ0) is 21.6. The summed E-state index contributed by atoms with van der Waals surface area (Å²) in [6.07, 6.45) is 1.83. The van der Waals surface area contributed by atoms with E-state index in [1.165, 1.54) is 0 Å². The number of amides is 1.